The average molecular weight is 688 g/mol. The quantitative estimate of drug-likeness (QED) is 0.0817. The molecule has 1 amide bonds. The molecule has 0 unspecified atom stereocenters. The van der Waals surface area contributed by atoms with E-state index in [1.807, 2.05) is 0 Å². The van der Waals surface area contributed by atoms with Gasteiger partial charge < -0.3 is 33.3 Å². The fourth-order valence-electron chi connectivity index (χ4n) is 5.59. The van der Waals surface area contributed by atoms with E-state index in [1.54, 1.807) is 12.1 Å². The van der Waals surface area contributed by atoms with Gasteiger partial charge in [-0.3, -0.25) is 24.0 Å². The van der Waals surface area contributed by atoms with Crippen molar-refractivity contribution in [2.75, 3.05) is 26.7 Å². The van der Waals surface area contributed by atoms with E-state index < -0.39 is 80.1 Å². The Hall–Kier alpha value is -6.84. The Labute approximate surface area is 281 Å². The van der Waals surface area contributed by atoms with Crippen LogP contribution in [-0.4, -0.2) is 73.4 Å². The Kier molecular flexibility index (Phi) is 10.0. The number of nitrogens with zero attached hydrogens (tertiary/aromatic N) is 7. The minimum atomic E-state index is -1.62. The van der Waals surface area contributed by atoms with Crippen molar-refractivity contribution in [3.63, 3.8) is 0 Å². The lowest BCUT2D eigenvalue weighted by Crippen LogP contribution is -2.48. The van der Waals surface area contributed by atoms with Crippen molar-refractivity contribution in [3.05, 3.63) is 103 Å². The smallest absolute Gasteiger partial charge is 0.339 e. The Bertz CT molecular complexity index is 1930. The van der Waals surface area contributed by atoms with Crippen LogP contribution in [0.2, 0.25) is 0 Å². The molecule has 50 heavy (non-hydrogen) atoms. The molecule has 5 rings (SSSR count). The number of esters is 5. The van der Waals surface area contributed by atoms with Crippen molar-refractivity contribution in [2.24, 2.45) is 16.1 Å². The van der Waals surface area contributed by atoms with E-state index >= 15 is 0 Å². The lowest BCUT2D eigenvalue weighted by Gasteiger charge is -2.45. The summed E-state index contributed by atoms with van der Waals surface area (Å²) < 4.78 is 31.2. The second-order valence-electron chi connectivity index (χ2n) is 10.7. The third-order valence-corrected chi connectivity index (χ3v) is 7.61. The molecule has 2 aromatic rings. The van der Waals surface area contributed by atoms with Crippen molar-refractivity contribution in [2.45, 2.75) is 25.6 Å². The monoisotopic (exact) mass is 687 g/mol. The predicted octanol–water partition coefficient (Wildman–Crippen LogP) is 3.75. The van der Waals surface area contributed by atoms with Gasteiger partial charge in [-0.25, -0.2) is 4.79 Å². The predicted molar refractivity (Wildman–Crippen MR) is 164 cm³/mol. The molecule has 0 saturated heterocycles. The third-order valence-electron chi connectivity index (χ3n) is 7.61. The normalized spacial score (nSPS) is 19.0. The second-order valence-corrected chi connectivity index (χ2v) is 10.7. The molecule has 2 heterocycles. The lowest BCUT2D eigenvalue weighted by atomic mass is 9.69. The van der Waals surface area contributed by atoms with Crippen molar-refractivity contribution in [3.8, 4) is 5.75 Å². The number of allylic oxidation sites excluding steroid dienone is 1. The fraction of sp³-hybridized carbons (Fsp3) is 0.290. The van der Waals surface area contributed by atoms with Gasteiger partial charge in [-0.1, -0.05) is 34.5 Å². The molecule has 19 nitrogen and oxygen atoms in total. The van der Waals surface area contributed by atoms with Crippen LogP contribution in [0.15, 0.2) is 70.6 Å². The molecule has 0 bridgehead atoms. The van der Waals surface area contributed by atoms with E-state index in [0.29, 0.717) is 5.56 Å². The summed E-state index contributed by atoms with van der Waals surface area (Å²) >= 11 is 0. The van der Waals surface area contributed by atoms with Gasteiger partial charge in [0.15, 0.2) is 5.60 Å². The van der Waals surface area contributed by atoms with E-state index in [0.717, 1.165) is 18.7 Å². The van der Waals surface area contributed by atoms with E-state index in [1.165, 1.54) is 42.5 Å². The first kappa shape index (κ1) is 34.5. The van der Waals surface area contributed by atoms with E-state index in [9.17, 15) is 28.8 Å². The van der Waals surface area contributed by atoms with Gasteiger partial charge in [-0.15, -0.1) is 0 Å². The molecule has 1 aliphatic carbocycles. The fourth-order valence-corrected chi connectivity index (χ4v) is 5.59. The zero-order chi connectivity index (χ0) is 36.0. The molecule has 0 fully saturated rings. The number of rotatable bonds is 11. The molecule has 1 spiro atoms. The first-order chi connectivity index (χ1) is 24.0. The average Bonchev–Trinajstić information content (AvgIpc) is 3.35. The zero-order valence-corrected chi connectivity index (χ0v) is 26.2. The van der Waals surface area contributed by atoms with Gasteiger partial charge in [0.25, 0.3) is 5.91 Å². The Morgan fingerprint density at radius 2 is 1.54 bits per heavy atom. The molecule has 19 heteroatoms. The van der Waals surface area contributed by atoms with E-state index in [4.69, 9.17) is 30.0 Å². The summed E-state index contributed by atoms with van der Waals surface area (Å²) in [5.74, 6) is -5.76. The maximum Gasteiger partial charge on any atom is 0.339 e. The summed E-state index contributed by atoms with van der Waals surface area (Å²) in [5, 5.41) is 7.25. The highest BCUT2D eigenvalue weighted by atomic mass is 16.7. The topological polar surface area (TPSA) is 259 Å². The van der Waals surface area contributed by atoms with Gasteiger partial charge in [-0.05, 0) is 41.4 Å². The molecule has 256 valence electrons. The molecule has 0 saturated carbocycles. The summed E-state index contributed by atoms with van der Waals surface area (Å²) in [4.78, 5) is 81.1. The van der Waals surface area contributed by atoms with Crippen LogP contribution in [-0.2, 0) is 48.5 Å². The minimum absolute atomic E-state index is 0.0950. The number of carbonyl (C=O) groups is 6. The first-order valence-corrected chi connectivity index (χ1v) is 14.5. The molecular formula is C31H25N7O12. The number of benzene rings is 2. The number of hydrogen-bond donors (Lipinski definition) is 0. The number of ether oxygens (including phenoxy) is 6. The molecule has 2 aliphatic heterocycles. The highest BCUT2D eigenvalue weighted by molar-refractivity contribution is 6.01. The van der Waals surface area contributed by atoms with E-state index in [2.05, 4.69) is 29.5 Å². The van der Waals surface area contributed by atoms with Crippen LogP contribution in [0.1, 0.15) is 45.7 Å². The Morgan fingerprint density at radius 1 is 0.880 bits per heavy atom. The largest absolute Gasteiger partial charge is 0.485 e. The maximum atomic E-state index is 14.0. The molecule has 2 aromatic carbocycles. The van der Waals surface area contributed by atoms with Crippen molar-refractivity contribution in [1.82, 2.24) is 4.90 Å². The summed E-state index contributed by atoms with van der Waals surface area (Å²) in [6, 6.07) is 8.50. The highest BCUT2D eigenvalue weighted by Gasteiger charge is 2.58. The molecule has 3 atom stereocenters. The van der Waals surface area contributed by atoms with Gasteiger partial charge in [0.1, 0.15) is 24.9 Å². The lowest BCUT2D eigenvalue weighted by molar-refractivity contribution is -0.166. The summed E-state index contributed by atoms with van der Waals surface area (Å²) in [7, 11) is 0. The Balaban J connectivity index is 1.56. The SMILES string of the molecule is CC(=O)OCOC(=O)CN(CC(=O)OCOC(C)=O)C(=O)c1ccc2c(c1)[C@]1(OC2=O)c2ccc(N=[N+]=[N-])cc2O[C@H]2C=C(N=[N+]=[N-])C=C[C@H]21. The van der Waals surface area contributed by atoms with Gasteiger partial charge >= 0.3 is 29.8 Å². The summed E-state index contributed by atoms with van der Waals surface area (Å²) in [5.41, 5.74) is 17.4. The zero-order valence-electron chi connectivity index (χ0n) is 26.2. The standard InChI is InChI=1S/C31H25N7O12/c1-16(39)45-14-47-27(41)12-38(13-28(42)48-15-46-17(2)40)29(43)18-3-6-21-24(9-18)31(50-30(21)44)22-7-4-19(34-36-32)10-25(22)49-26-11-20(35-37-33)5-8-23(26)31/h3-11,22,25H,12-15H2,1-2H3/t22-,25+,31-/m1/s1. The van der Waals surface area contributed by atoms with Gasteiger partial charge in [-0.2, -0.15) is 0 Å². The van der Waals surface area contributed by atoms with Crippen molar-refractivity contribution in [1.29, 1.82) is 0 Å². The molecule has 0 N–H and O–H groups in total. The highest BCUT2D eigenvalue weighted by Crippen LogP contribution is 2.56. The van der Waals surface area contributed by atoms with Crippen molar-refractivity contribution >= 4 is 41.4 Å². The van der Waals surface area contributed by atoms with E-state index in [-0.39, 0.29) is 33.8 Å². The van der Waals surface area contributed by atoms with Crippen LogP contribution in [0.3, 0.4) is 0 Å². The van der Waals surface area contributed by atoms with Gasteiger partial charge in [0, 0.05) is 51.7 Å². The minimum Gasteiger partial charge on any atom is -0.485 e. The van der Waals surface area contributed by atoms with Crippen LogP contribution in [0.25, 0.3) is 20.9 Å². The number of amides is 1. The van der Waals surface area contributed by atoms with Gasteiger partial charge in [0.05, 0.1) is 11.5 Å². The molecular weight excluding hydrogens is 662 g/mol. The first-order valence-electron chi connectivity index (χ1n) is 14.5. The number of hydrogen-bond acceptors (Lipinski definition) is 14. The number of azide groups is 2. The summed E-state index contributed by atoms with van der Waals surface area (Å²) in [6.45, 7) is -0.923. The molecule has 0 aromatic heterocycles. The van der Waals surface area contributed by atoms with Crippen LogP contribution in [0.5, 0.6) is 5.75 Å². The van der Waals surface area contributed by atoms with Crippen LogP contribution in [0.4, 0.5) is 5.69 Å². The number of fused-ring (bicyclic) bond motifs is 6. The summed E-state index contributed by atoms with van der Waals surface area (Å²) in [6.07, 6.45) is 3.82. The third kappa shape index (κ3) is 7.03. The van der Waals surface area contributed by atoms with Crippen LogP contribution in [0, 0.1) is 5.92 Å². The van der Waals surface area contributed by atoms with Crippen LogP contribution >= 0.6 is 0 Å². The molecule has 0 radical (unpaired) electrons. The Morgan fingerprint density at radius 3 is 2.16 bits per heavy atom. The van der Waals surface area contributed by atoms with Crippen LogP contribution < -0.4 is 4.74 Å². The van der Waals surface area contributed by atoms with Gasteiger partial charge in [0.2, 0.25) is 13.6 Å². The number of carbonyl (C=O) groups excluding carboxylic acids is 6. The second kappa shape index (κ2) is 14.5. The maximum absolute atomic E-state index is 14.0. The molecule has 3 aliphatic rings. The van der Waals surface area contributed by atoms with Crippen molar-refractivity contribution < 1.29 is 57.2 Å².